The summed E-state index contributed by atoms with van der Waals surface area (Å²) in [5, 5.41) is 3.84. The average Bonchev–Trinajstić information content (AvgIpc) is 2.71. The molecule has 0 saturated heterocycles. The highest BCUT2D eigenvalue weighted by Crippen LogP contribution is 2.28. The summed E-state index contributed by atoms with van der Waals surface area (Å²) in [4.78, 5) is 4.95. The van der Waals surface area contributed by atoms with Gasteiger partial charge in [-0.3, -0.25) is 4.99 Å². The zero-order valence-electron chi connectivity index (χ0n) is 17.9. The fourth-order valence-corrected chi connectivity index (χ4v) is 4.76. The molecule has 1 saturated carbocycles. The van der Waals surface area contributed by atoms with Crippen molar-refractivity contribution in [3.63, 3.8) is 0 Å². The lowest BCUT2D eigenvalue weighted by molar-refractivity contribution is 0.309. The second-order valence-electron chi connectivity index (χ2n) is 8.82. The molecule has 1 heterocycles. The van der Waals surface area contributed by atoms with Gasteiger partial charge in [0.1, 0.15) is 5.75 Å². The highest BCUT2D eigenvalue weighted by molar-refractivity contribution is 5.82. The Labute approximate surface area is 172 Å². The number of amidine groups is 1. The first kappa shape index (κ1) is 21.2. The van der Waals surface area contributed by atoms with E-state index in [-0.39, 0.29) is 0 Å². The summed E-state index contributed by atoms with van der Waals surface area (Å²) in [7, 11) is 1.75. The molecule has 1 aromatic carbocycles. The molecular weight excluding hydrogens is 344 g/mol. The van der Waals surface area contributed by atoms with Crippen molar-refractivity contribution in [1.29, 1.82) is 0 Å². The van der Waals surface area contributed by atoms with Crippen LogP contribution >= 0.6 is 0 Å². The molecule has 1 aliphatic heterocycles. The number of nitrogens with zero attached hydrogens (tertiary/aromatic N) is 1. The maximum absolute atomic E-state index is 5.37. The third-order valence-electron chi connectivity index (χ3n) is 6.50. The predicted octanol–water partition coefficient (Wildman–Crippen LogP) is 6.31. The number of benzene rings is 1. The van der Waals surface area contributed by atoms with Crippen LogP contribution in [0.4, 0.5) is 0 Å². The van der Waals surface area contributed by atoms with Crippen molar-refractivity contribution in [3.8, 4) is 5.75 Å². The lowest BCUT2D eigenvalue weighted by Crippen LogP contribution is -2.38. The predicted molar refractivity (Wildman–Crippen MR) is 119 cm³/mol. The second kappa shape index (κ2) is 12.1. The average molecular weight is 385 g/mol. The Kier molecular flexibility index (Phi) is 9.19. The summed E-state index contributed by atoms with van der Waals surface area (Å²) in [5.74, 6) is 3.09. The van der Waals surface area contributed by atoms with Gasteiger partial charge in [-0.05, 0) is 68.6 Å². The number of aliphatic imine (C=N–C) groups is 1. The topological polar surface area (TPSA) is 33.6 Å². The van der Waals surface area contributed by atoms with E-state index in [0.29, 0.717) is 6.04 Å². The van der Waals surface area contributed by atoms with Gasteiger partial charge in [0.25, 0.3) is 0 Å². The van der Waals surface area contributed by atoms with Crippen LogP contribution in [0, 0.1) is 5.92 Å². The Hall–Kier alpha value is -1.51. The first-order valence-corrected chi connectivity index (χ1v) is 11.8. The van der Waals surface area contributed by atoms with Crippen molar-refractivity contribution < 1.29 is 4.74 Å². The quantitative estimate of drug-likeness (QED) is 0.660. The number of hydrogen-bond donors (Lipinski definition) is 1. The molecule has 28 heavy (non-hydrogen) atoms. The highest BCUT2D eigenvalue weighted by atomic mass is 16.5. The van der Waals surface area contributed by atoms with Gasteiger partial charge in [-0.25, -0.2) is 0 Å². The Morgan fingerprint density at radius 1 is 0.929 bits per heavy atom. The largest absolute Gasteiger partial charge is 0.497 e. The molecule has 3 heteroatoms. The second-order valence-corrected chi connectivity index (χ2v) is 8.82. The van der Waals surface area contributed by atoms with E-state index >= 15 is 0 Å². The number of ether oxygens (including phenoxy) is 1. The molecule has 3 rings (SSSR count). The number of hydrogen-bond acceptors (Lipinski definition) is 3. The van der Waals surface area contributed by atoms with Crippen LogP contribution in [-0.4, -0.2) is 25.5 Å². The van der Waals surface area contributed by atoms with E-state index in [1.165, 1.54) is 94.9 Å². The summed E-state index contributed by atoms with van der Waals surface area (Å²) in [6.07, 6.45) is 18.5. The molecule has 0 unspecified atom stereocenters. The summed E-state index contributed by atoms with van der Waals surface area (Å²) < 4.78 is 5.37. The van der Waals surface area contributed by atoms with Crippen LogP contribution in [0.5, 0.6) is 5.75 Å². The maximum atomic E-state index is 5.37. The SMILES string of the molecule is COc1cccc(CC2CCC(NC3=NCCCCCCCCCC3)CC2)c1. The molecule has 3 nitrogen and oxygen atoms in total. The van der Waals surface area contributed by atoms with E-state index in [2.05, 4.69) is 23.5 Å². The molecule has 156 valence electrons. The van der Waals surface area contributed by atoms with Crippen molar-refractivity contribution in [2.75, 3.05) is 13.7 Å². The lowest BCUT2D eigenvalue weighted by Gasteiger charge is -2.30. The van der Waals surface area contributed by atoms with E-state index in [1.807, 2.05) is 6.07 Å². The maximum Gasteiger partial charge on any atom is 0.119 e. The Balaban J connectivity index is 1.44. The molecule has 2 aliphatic rings. The minimum atomic E-state index is 0.633. The van der Waals surface area contributed by atoms with Gasteiger partial charge in [0.05, 0.1) is 12.9 Å². The standard InChI is InChI=1S/C25H40N2O/c1-28-24-12-10-11-22(20-24)19-21-14-16-23(17-15-21)27-25-13-8-6-4-2-3-5-7-9-18-26-25/h10-12,20-21,23H,2-9,13-19H2,1H3,(H,26,27). The van der Waals surface area contributed by atoms with Crippen LogP contribution < -0.4 is 10.1 Å². The lowest BCUT2D eigenvalue weighted by atomic mass is 9.82. The molecule has 0 spiro atoms. The molecule has 1 fully saturated rings. The van der Waals surface area contributed by atoms with Crippen LogP contribution in [-0.2, 0) is 6.42 Å². The third kappa shape index (κ3) is 7.48. The minimum absolute atomic E-state index is 0.633. The summed E-state index contributed by atoms with van der Waals surface area (Å²) in [6.45, 7) is 1.02. The van der Waals surface area contributed by atoms with E-state index in [0.717, 1.165) is 24.6 Å². The van der Waals surface area contributed by atoms with E-state index in [1.54, 1.807) is 7.11 Å². The van der Waals surface area contributed by atoms with Crippen molar-refractivity contribution in [3.05, 3.63) is 29.8 Å². The van der Waals surface area contributed by atoms with E-state index in [9.17, 15) is 0 Å². The number of rotatable bonds is 4. The molecule has 0 amide bonds. The fourth-order valence-electron chi connectivity index (χ4n) is 4.76. The minimum Gasteiger partial charge on any atom is -0.497 e. The molecule has 1 aromatic rings. The van der Waals surface area contributed by atoms with Gasteiger partial charge in [0.15, 0.2) is 0 Å². The molecule has 1 aliphatic carbocycles. The van der Waals surface area contributed by atoms with Gasteiger partial charge in [0, 0.05) is 19.0 Å². The molecule has 1 N–H and O–H groups in total. The summed E-state index contributed by atoms with van der Waals surface area (Å²) in [6, 6.07) is 9.22. The highest BCUT2D eigenvalue weighted by Gasteiger charge is 2.22. The Bertz CT molecular complexity index is 590. The van der Waals surface area contributed by atoms with Gasteiger partial charge >= 0.3 is 0 Å². The molecule has 0 bridgehead atoms. The van der Waals surface area contributed by atoms with Crippen LogP contribution in [0.3, 0.4) is 0 Å². The summed E-state index contributed by atoms with van der Waals surface area (Å²) in [5.41, 5.74) is 1.42. The van der Waals surface area contributed by atoms with Gasteiger partial charge in [0.2, 0.25) is 0 Å². The number of nitrogens with one attached hydrogen (secondary N) is 1. The molecule has 0 radical (unpaired) electrons. The van der Waals surface area contributed by atoms with Crippen molar-refractivity contribution in [2.24, 2.45) is 10.9 Å². The smallest absolute Gasteiger partial charge is 0.119 e. The third-order valence-corrected chi connectivity index (χ3v) is 6.50. The zero-order chi connectivity index (χ0) is 19.4. The Morgan fingerprint density at radius 2 is 1.64 bits per heavy atom. The first-order chi connectivity index (χ1) is 13.8. The van der Waals surface area contributed by atoms with Crippen LogP contribution in [0.2, 0.25) is 0 Å². The number of methoxy groups -OCH3 is 1. The van der Waals surface area contributed by atoms with Crippen LogP contribution in [0.1, 0.15) is 89.0 Å². The Morgan fingerprint density at radius 3 is 2.39 bits per heavy atom. The van der Waals surface area contributed by atoms with Gasteiger partial charge in [-0.15, -0.1) is 0 Å². The van der Waals surface area contributed by atoms with Crippen LogP contribution in [0.25, 0.3) is 0 Å². The van der Waals surface area contributed by atoms with Crippen LogP contribution in [0.15, 0.2) is 29.3 Å². The van der Waals surface area contributed by atoms with Gasteiger partial charge in [-0.2, -0.15) is 0 Å². The zero-order valence-corrected chi connectivity index (χ0v) is 17.9. The van der Waals surface area contributed by atoms with Gasteiger partial charge < -0.3 is 10.1 Å². The first-order valence-electron chi connectivity index (χ1n) is 11.8. The van der Waals surface area contributed by atoms with E-state index < -0.39 is 0 Å². The fraction of sp³-hybridized carbons (Fsp3) is 0.720. The van der Waals surface area contributed by atoms with Crippen molar-refractivity contribution >= 4 is 5.84 Å². The van der Waals surface area contributed by atoms with Gasteiger partial charge in [-0.1, -0.05) is 50.7 Å². The van der Waals surface area contributed by atoms with E-state index in [4.69, 9.17) is 9.73 Å². The summed E-state index contributed by atoms with van der Waals surface area (Å²) >= 11 is 0. The molecule has 0 atom stereocenters. The van der Waals surface area contributed by atoms with Crippen molar-refractivity contribution in [1.82, 2.24) is 5.32 Å². The monoisotopic (exact) mass is 384 g/mol. The molecular formula is C25H40N2O. The molecule has 0 aromatic heterocycles. The van der Waals surface area contributed by atoms with Crippen molar-refractivity contribution in [2.45, 2.75) is 95.9 Å². The normalized spacial score (nSPS) is 25.1.